The van der Waals surface area contributed by atoms with Crippen molar-refractivity contribution in [3.8, 4) is 0 Å². The number of aromatic carboxylic acids is 1. The van der Waals surface area contributed by atoms with Crippen molar-refractivity contribution in [3.05, 3.63) is 35.4 Å². The van der Waals surface area contributed by atoms with Crippen molar-refractivity contribution < 1.29 is 14.7 Å². The summed E-state index contributed by atoms with van der Waals surface area (Å²) in [4.78, 5) is 23.6. The summed E-state index contributed by atoms with van der Waals surface area (Å²) in [5.74, 6) is -0.952. The Hall–Kier alpha value is -2.04. The molecule has 0 saturated carbocycles. The van der Waals surface area contributed by atoms with Crippen molar-refractivity contribution >= 4 is 12.0 Å². The van der Waals surface area contributed by atoms with Gasteiger partial charge in [-0.3, -0.25) is 0 Å². The fraction of sp³-hybridized carbons (Fsp3) is 0.333. The maximum atomic E-state index is 11.4. The van der Waals surface area contributed by atoms with E-state index in [1.807, 2.05) is 6.92 Å². The topological polar surface area (TPSA) is 69.6 Å². The number of carbonyl (C=O) groups excluding carboxylic acids is 1. The highest BCUT2D eigenvalue weighted by molar-refractivity contribution is 5.87. The van der Waals surface area contributed by atoms with Crippen molar-refractivity contribution in [2.24, 2.45) is 0 Å². The molecule has 0 aliphatic heterocycles. The van der Waals surface area contributed by atoms with Gasteiger partial charge in [-0.15, -0.1) is 0 Å². The molecule has 1 aromatic rings. The molecule has 0 radical (unpaired) electrons. The van der Waals surface area contributed by atoms with Crippen LogP contribution in [0, 0.1) is 0 Å². The van der Waals surface area contributed by atoms with Crippen LogP contribution in [0.1, 0.15) is 22.8 Å². The maximum Gasteiger partial charge on any atom is 0.335 e. The second-order valence-electron chi connectivity index (χ2n) is 3.67. The van der Waals surface area contributed by atoms with Crippen LogP contribution in [0.3, 0.4) is 0 Å². The zero-order chi connectivity index (χ0) is 12.8. The van der Waals surface area contributed by atoms with E-state index in [4.69, 9.17) is 5.11 Å². The van der Waals surface area contributed by atoms with Gasteiger partial charge in [0.05, 0.1) is 5.56 Å². The van der Waals surface area contributed by atoms with Gasteiger partial charge < -0.3 is 15.3 Å². The molecule has 92 valence electrons. The third-order valence-electron chi connectivity index (χ3n) is 2.47. The van der Waals surface area contributed by atoms with E-state index < -0.39 is 5.97 Å². The van der Waals surface area contributed by atoms with Gasteiger partial charge in [0, 0.05) is 20.1 Å². The van der Waals surface area contributed by atoms with Gasteiger partial charge >= 0.3 is 12.0 Å². The lowest BCUT2D eigenvalue weighted by atomic mass is 10.1. The molecular weight excluding hydrogens is 220 g/mol. The number of urea groups is 1. The number of benzene rings is 1. The van der Waals surface area contributed by atoms with Gasteiger partial charge in [0.2, 0.25) is 0 Å². The first-order valence-electron chi connectivity index (χ1n) is 5.35. The van der Waals surface area contributed by atoms with Crippen molar-refractivity contribution in [1.29, 1.82) is 0 Å². The van der Waals surface area contributed by atoms with Crippen LogP contribution in [0.2, 0.25) is 0 Å². The fourth-order valence-corrected chi connectivity index (χ4v) is 1.22. The highest BCUT2D eigenvalue weighted by Crippen LogP contribution is 2.04. The smallest absolute Gasteiger partial charge is 0.335 e. The van der Waals surface area contributed by atoms with Crippen molar-refractivity contribution in [2.45, 2.75) is 13.5 Å². The summed E-state index contributed by atoms with van der Waals surface area (Å²) in [6.07, 6.45) is 0. The van der Waals surface area contributed by atoms with Gasteiger partial charge in [-0.05, 0) is 24.6 Å². The normalized spacial score (nSPS) is 9.76. The SMILES string of the molecule is CCN(C)C(=O)NCc1ccc(C(=O)O)cc1. The molecule has 1 aromatic carbocycles. The molecule has 0 aromatic heterocycles. The fourth-order valence-electron chi connectivity index (χ4n) is 1.22. The van der Waals surface area contributed by atoms with Crippen molar-refractivity contribution in [2.75, 3.05) is 13.6 Å². The first-order chi connectivity index (χ1) is 8.04. The molecule has 17 heavy (non-hydrogen) atoms. The Balaban J connectivity index is 2.53. The summed E-state index contributed by atoms with van der Waals surface area (Å²) in [5, 5.41) is 11.5. The number of carboxylic acid groups (broad SMARTS) is 1. The van der Waals surface area contributed by atoms with Gasteiger partial charge in [0.25, 0.3) is 0 Å². The first kappa shape index (κ1) is 13.0. The Morgan fingerprint density at radius 1 is 1.29 bits per heavy atom. The van der Waals surface area contributed by atoms with Crippen LogP contribution >= 0.6 is 0 Å². The summed E-state index contributed by atoms with van der Waals surface area (Å²) in [7, 11) is 1.71. The number of carbonyl (C=O) groups is 2. The Morgan fingerprint density at radius 2 is 1.88 bits per heavy atom. The molecule has 0 saturated heterocycles. The molecule has 0 atom stereocenters. The van der Waals surface area contributed by atoms with E-state index in [1.54, 1.807) is 24.1 Å². The van der Waals surface area contributed by atoms with Crippen LogP contribution in [0.15, 0.2) is 24.3 Å². The minimum absolute atomic E-state index is 0.144. The summed E-state index contributed by atoms with van der Waals surface area (Å²) in [5.41, 5.74) is 1.11. The molecule has 2 amide bonds. The second-order valence-corrected chi connectivity index (χ2v) is 3.67. The van der Waals surface area contributed by atoms with E-state index in [1.165, 1.54) is 12.1 Å². The van der Waals surface area contributed by atoms with Crippen LogP contribution in [0.4, 0.5) is 4.79 Å². The highest BCUT2D eigenvalue weighted by atomic mass is 16.4. The van der Waals surface area contributed by atoms with E-state index in [0.717, 1.165) is 5.56 Å². The van der Waals surface area contributed by atoms with Crippen LogP contribution < -0.4 is 5.32 Å². The molecular formula is C12H16N2O3. The first-order valence-corrected chi connectivity index (χ1v) is 5.35. The monoisotopic (exact) mass is 236 g/mol. The van der Waals surface area contributed by atoms with Gasteiger partial charge in [0.1, 0.15) is 0 Å². The summed E-state index contributed by atoms with van der Waals surface area (Å²) >= 11 is 0. The molecule has 0 aliphatic rings. The Bertz CT molecular complexity index is 401. The Kier molecular flexibility index (Phi) is 4.51. The van der Waals surface area contributed by atoms with Gasteiger partial charge in [-0.2, -0.15) is 0 Å². The van der Waals surface area contributed by atoms with Crippen LogP contribution in [-0.4, -0.2) is 35.6 Å². The molecule has 5 heteroatoms. The van der Waals surface area contributed by atoms with E-state index in [9.17, 15) is 9.59 Å². The van der Waals surface area contributed by atoms with E-state index in [2.05, 4.69) is 5.32 Å². The van der Waals surface area contributed by atoms with E-state index in [-0.39, 0.29) is 11.6 Å². The largest absolute Gasteiger partial charge is 0.478 e. The molecule has 0 unspecified atom stereocenters. The molecule has 2 N–H and O–H groups in total. The third-order valence-corrected chi connectivity index (χ3v) is 2.47. The maximum absolute atomic E-state index is 11.4. The number of amides is 2. The van der Waals surface area contributed by atoms with E-state index >= 15 is 0 Å². The standard InChI is InChI=1S/C12H16N2O3/c1-3-14(2)12(17)13-8-9-4-6-10(7-5-9)11(15)16/h4-7H,3,8H2,1-2H3,(H,13,17)(H,15,16). The quantitative estimate of drug-likeness (QED) is 0.833. The van der Waals surface area contributed by atoms with Crippen LogP contribution in [0.25, 0.3) is 0 Å². The minimum Gasteiger partial charge on any atom is -0.478 e. The Morgan fingerprint density at radius 3 is 2.35 bits per heavy atom. The van der Waals surface area contributed by atoms with E-state index in [0.29, 0.717) is 13.1 Å². The molecule has 0 fully saturated rings. The molecule has 0 aliphatic carbocycles. The number of hydrogen-bond donors (Lipinski definition) is 2. The zero-order valence-electron chi connectivity index (χ0n) is 9.93. The Labute approximate surface area is 100 Å². The molecule has 0 heterocycles. The molecule has 1 rings (SSSR count). The summed E-state index contributed by atoms with van der Waals surface area (Å²) in [6, 6.07) is 6.28. The average molecular weight is 236 g/mol. The zero-order valence-corrected chi connectivity index (χ0v) is 9.93. The lowest BCUT2D eigenvalue weighted by molar-refractivity contribution is 0.0697. The number of rotatable bonds is 4. The van der Waals surface area contributed by atoms with Crippen LogP contribution in [0.5, 0.6) is 0 Å². The lowest BCUT2D eigenvalue weighted by Crippen LogP contribution is -2.36. The molecule has 5 nitrogen and oxygen atoms in total. The van der Waals surface area contributed by atoms with Gasteiger partial charge in [0.15, 0.2) is 0 Å². The predicted octanol–water partition coefficient (Wildman–Crippen LogP) is 1.55. The number of hydrogen-bond acceptors (Lipinski definition) is 2. The summed E-state index contributed by atoms with van der Waals surface area (Å²) in [6.45, 7) is 2.92. The number of nitrogens with zero attached hydrogens (tertiary/aromatic N) is 1. The van der Waals surface area contributed by atoms with Gasteiger partial charge in [-0.25, -0.2) is 9.59 Å². The molecule has 0 bridgehead atoms. The lowest BCUT2D eigenvalue weighted by Gasteiger charge is -2.15. The molecule has 0 spiro atoms. The highest BCUT2D eigenvalue weighted by Gasteiger charge is 2.06. The van der Waals surface area contributed by atoms with Crippen LogP contribution in [-0.2, 0) is 6.54 Å². The minimum atomic E-state index is -0.952. The summed E-state index contributed by atoms with van der Waals surface area (Å²) < 4.78 is 0. The second kappa shape index (κ2) is 5.89. The van der Waals surface area contributed by atoms with Crippen molar-refractivity contribution in [1.82, 2.24) is 10.2 Å². The third kappa shape index (κ3) is 3.79. The number of nitrogens with one attached hydrogen (secondary N) is 1. The average Bonchev–Trinajstić information content (AvgIpc) is 2.35. The van der Waals surface area contributed by atoms with Crippen molar-refractivity contribution in [3.63, 3.8) is 0 Å². The predicted molar refractivity (Wildman–Crippen MR) is 63.9 cm³/mol. The number of carboxylic acids is 1. The van der Waals surface area contributed by atoms with Gasteiger partial charge in [-0.1, -0.05) is 12.1 Å².